The van der Waals surface area contributed by atoms with Gasteiger partial charge in [-0.3, -0.25) is 0 Å². The first kappa shape index (κ1) is 14.1. The van der Waals surface area contributed by atoms with Gasteiger partial charge in [0.15, 0.2) is 0 Å². The quantitative estimate of drug-likeness (QED) is 0.488. The molecular weight excluding hydrogens is 256 g/mol. The lowest BCUT2D eigenvalue weighted by Crippen LogP contribution is -2.08. The third-order valence-electron chi connectivity index (χ3n) is 2.99. The van der Waals surface area contributed by atoms with Crippen molar-refractivity contribution in [2.24, 2.45) is 0 Å². The van der Waals surface area contributed by atoms with Crippen LogP contribution in [0.15, 0.2) is 45.6 Å². The van der Waals surface area contributed by atoms with Crippen molar-refractivity contribution in [1.82, 2.24) is 0 Å². The highest BCUT2D eigenvalue weighted by atomic mass is 16.5. The van der Waals surface area contributed by atoms with E-state index in [0.717, 1.165) is 16.5 Å². The zero-order chi connectivity index (χ0) is 14.7. The molecular formula is C16H16O4. The Morgan fingerprint density at radius 3 is 2.80 bits per heavy atom. The minimum absolute atomic E-state index is 0.271. The van der Waals surface area contributed by atoms with Crippen LogP contribution in [-0.2, 0) is 16.0 Å². The van der Waals surface area contributed by atoms with Gasteiger partial charge < -0.3 is 9.15 Å². The van der Waals surface area contributed by atoms with E-state index in [0.29, 0.717) is 17.6 Å². The lowest BCUT2D eigenvalue weighted by atomic mass is 10.1. The summed E-state index contributed by atoms with van der Waals surface area (Å²) < 4.78 is 10.2. The summed E-state index contributed by atoms with van der Waals surface area (Å²) in [6.07, 6.45) is 0.562. The highest BCUT2D eigenvalue weighted by molar-refractivity contribution is 5.86. The Balaban J connectivity index is 2.14. The normalized spacial score (nSPS) is 10.5. The Bertz CT molecular complexity index is 725. The summed E-state index contributed by atoms with van der Waals surface area (Å²) in [7, 11) is 0. The predicted molar refractivity (Wildman–Crippen MR) is 76.7 cm³/mol. The molecule has 0 bridgehead atoms. The van der Waals surface area contributed by atoms with Crippen molar-refractivity contribution in [2.75, 3.05) is 6.61 Å². The number of carbonyl (C=O) groups is 1. The maximum absolute atomic E-state index is 11.3. The zero-order valence-electron chi connectivity index (χ0n) is 11.6. The first-order valence-electron chi connectivity index (χ1n) is 6.33. The number of ether oxygens (including phenoxy) is 1. The van der Waals surface area contributed by atoms with Gasteiger partial charge in [-0.2, -0.15) is 0 Å². The smallest absolute Gasteiger partial charge is 0.336 e. The van der Waals surface area contributed by atoms with Gasteiger partial charge in [0.2, 0.25) is 0 Å². The molecule has 1 aromatic carbocycles. The Morgan fingerprint density at radius 1 is 1.35 bits per heavy atom. The number of benzene rings is 1. The van der Waals surface area contributed by atoms with Crippen molar-refractivity contribution in [1.29, 1.82) is 0 Å². The van der Waals surface area contributed by atoms with Crippen LogP contribution >= 0.6 is 0 Å². The van der Waals surface area contributed by atoms with E-state index in [1.807, 2.05) is 19.1 Å². The molecule has 0 aliphatic rings. The van der Waals surface area contributed by atoms with E-state index in [1.54, 1.807) is 13.0 Å². The van der Waals surface area contributed by atoms with Crippen molar-refractivity contribution in [3.05, 3.63) is 58.0 Å². The van der Waals surface area contributed by atoms with Crippen molar-refractivity contribution in [2.45, 2.75) is 20.3 Å². The van der Waals surface area contributed by atoms with Gasteiger partial charge in [-0.15, -0.1) is 0 Å². The molecule has 4 nitrogen and oxygen atoms in total. The Kier molecular flexibility index (Phi) is 4.03. The molecule has 2 rings (SSSR count). The van der Waals surface area contributed by atoms with Gasteiger partial charge in [0.1, 0.15) is 5.58 Å². The number of hydrogen-bond acceptors (Lipinski definition) is 4. The van der Waals surface area contributed by atoms with Gasteiger partial charge in [-0.05, 0) is 31.0 Å². The molecule has 0 saturated heterocycles. The van der Waals surface area contributed by atoms with Crippen LogP contribution in [0.4, 0.5) is 0 Å². The number of rotatable bonds is 4. The van der Waals surface area contributed by atoms with Crippen LogP contribution in [0, 0.1) is 6.92 Å². The predicted octanol–water partition coefficient (Wildman–Crippen LogP) is 2.76. The largest absolute Gasteiger partial charge is 0.462 e. The van der Waals surface area contributed by atoms with E-state index in [4.69, 9.17) is 9.15 Å². The summed E-state index contributed by atoms with van der Waals surface area (Å²) >= 11 is 0. The van der Waals surface area contributed by atoms with Crippen LogP contribution in [0.25, 0.3) is 11.0 Å². The molecule has 0 fully saturated rings. The molecule has 0 aliphatic heterocycles. The van der Waals surface area contributed by atoms with Gasteiger partial charge in [-0.25, -0.2) is 9.59 Å². The maximum Gasteiger partial charge on any atom is 0.336 e. The third kappa shape index (κ3) is 3.15. The van der Waals surface area contributed by atoms with E-state index in [-0.39, 0.29) is 12.2 Å². The number of hydrogen-bond donors (Lipinski definition) is 0. The second kappa shape index (κ2) is 5.74. The first-order chi connectivity index (χ1) is 9.47. The highest BCUT2D eigenvalue weighted by Gasteiger charge is 2.05. The average Bonchev–Trinajstić information content (AvgIpc) is 2.37. The van der Waals surface area contributed by atoms with Gasteiger partial charge in [-0.1, -0.05) is 18.7 Å². The summed E-state index contributed by atoms with van der Waals surface area (Å²) in [5.74, 6) is -0.395. The van der Waals surface area contributed by atoms with Crippen LogP contribution in [0.3, 0.4) is 0 Å². The summed E-state index contributed by atoms with van der Waals surface area (Å²) in [4.78, 5) is 22.6. The van der Waals surface area contributed by atoms with Crippen molar-refractivity contribution in [3.8, 4) is 0 Å². The van der Waals surface area contributed by atoms with Gasteiger partial charge in [0.05, 0.1) is 6.61 Å². The van der Waals surface area contributed by atoms with Crippen molar-refractivity contribution >= 4 is 16.9 Å². The highest BCUT2D eigenvalue weighted by Crippen LogP contribution is 2.18. The van der Waals surface area contributed by atoms with Crippen LogP contribution in [0.2, 0.25) is 0 Å². The molecule has 0 unspecified atom stereocenters. The maximum atomic E-state index is 11.3. The standard InChI is InChI=1S/C16H16O4/c1-10(2)16(18)19-7-6-12-4-5-13-11(3)8-15(17)20-14(13)9-12/h4-5,8-9H,1,6-7H2,2-3H3. The molecule has 0 saturated carbocycles. The van der Waals surface area contributed by atoms with Gasteiger partial charge >= 0.3 is 11.6 Å². The van der Waals surface area contributed by atoms with Gasteiger partial charge in [0, 0.05) is 23.4 Å². The number of carbonyl (C=O) groups excluding carboxylic acids is 1. The topological polar surface area (TPSA) is 56.5 Å². The summed E-state index contributed by atoms with van der Waals surface area (Å²) in [5.41, 5.74) is 2.40. The molecule has 0 amide bonds. The molecule has 20 heavy (non-hydrogen) atoms. The van der Waals surface area contributed by atoms with Crippen LogP contribution < -0.4 is 5.63 Å². The second-order valence-electron chi connectivity index (χ2n) is 4.75. The minimum Gasteiger partial charge on any atom is -0.462 e. The fourth-order valence-electron chi connectivity index (χ4n) is 1.91. The monoisotopic (exact) mass is 272 g/mol. The Labute approximate surface area is 116 Å². The lowest BCUT2D eigenvalue weighted by Gasteiger charge is -2.06. The van der Waals surface area contributed by atoms with E-state index in [2.05, 4.69) is 6.58 Å². The number of esters is 1. The van der Waals surface area contributed by atoms with E-state index in [1.165, 1.54) is 6.07 Å². The Hall–Kier alpha value is -2.36. The summed E-state index contributed by atoms with van der Waals surface area (Å²) in [5, 5.41) is 0.910. The SMILES string of the molecule is C=C(C)C(=O)OCCc1ccc2c(C)cc(=O)oc2c1. The molecule has 0 N–H and O–H groups in total. The molecule has 2 aromatic rings. The molecule has 1 heterocycles. The van der Waals surface area contributed by atoms with Gasteiger partial charge in [0.25, 0.3) is 0 Å². The van der Waals surface area contributed by atoms with E-state index < -0.39 is 5.97 Å². The molecule has 0 radical (unpaired) electrons. The van der Waals surface area contributed by atoms with Crippen LogP contribution in [0.5, 0.6) is 0 Å². The number of aryl methyl sites for hydroxylation is 1. The molecule has 4 heteroatoms. The first-order valence-corrected chi connectivity index (χ1v) is 6.33. The van der Waals surface area contributed by atoms with Crippen molar-refractivity contribution in [3.63, 3.8) is 0 Å². The zero-order valence-corrected chi connectivity index (χ0v) is 11.6. The molecule has 1 aromatic heterocycles. The Morgan fingerprint density at radius 2 is 2.10 bits per heavy atom. The lowest BCUT2D eigenvalue weighted by molar-refractivity contribution is -0.138. The minimum atomic E-state index is -0.395. The molecule has 0 spiro atoms. The average molecular weight is 272 g/mol. The summed E-state index contributed by atoms with van der Waals surface area (Å²) in [6, 6.07) is 7.11. The van der Waals surface area contributed by atoms with E-state index in [9.17, 15) is 9.59 Å². The van der Waals surface area contributed by atoms with E-state index >= 15 is 0 Å². The van der Waals surface area contributed by atoms with Crippen molar-refractivity contribution < 1.29 is 13.9 Å². The summed E-state index contributed by atoms with van der Waals surface area (Å²) in [6.45, 7) is 7.26. The number of fused-ring (bicyclic) bond motifs is 1. The fourth-order valence-corrected chi connectivity index (χ4v) is 1.91. The fraction of sp³-hybridized carbons (Fsp3) is 0.250. The van der Waals surface area contributed by atoms with Crippen LogP contribution in [-0.4, -0.2) is 12.6 Å². The molecule has 0 atom stereocenters. The van der Waals surface area contributed by atoms with Crippen LogP contribution in [0.1, 0.15) is 18.1 Å². The molecule has 104 valence electrons. The third-order valence-corrected chi connectivity index (χ3v) is 2.99. The molecule has 0 aliphatic carbocycles. The second-order valence-corrected chi connectivity index (χ2v) is 4.75.